The second-order valence-corrected chi connectivity index (χ2v) is 6.54. The van der Waals surface area contributed by atoms with Gasteiger partial charge in [-0.25, -0.2) is 4.39 Å². The first-order valence-electron chi connectivity index (χ1n) is 8.44. The zero-order valence-corrected chi connectivity index (χ0v) is 14.8. The molecule has 1 N–H and O–H groups in total. The van der Waals surface area contributed by atoms with Crippen LogP contribution in [-0.4, -0.2) is 53.7 Å². The van der Waals surface area contributed by atoms with Gasteiger partial charge in [0.15, 0.2) is 0 Å². The standard InChI is InChI=1S/C18H24FN3O3/c1-12(2)17(24)21-7-4-8-22(10-9-21)18(25)16(23)20-15-6-5-14(19)11-13(15)3/h5-6,11-12H,4,7-10H2,1-3H3,(H,20,23). The first-order valence-corrected chi connectivity index (χ1v) is 8.44. The average molecular weight is 349 g/mol. The molecule has 0 atom stereocenters. The maximum absolute atomic E-state index is 13.1. The smallest absolute Gasteiger partial charge is 0.313 e. The number of aryl methyl sites for hydroxylation is 1. The molecule has 0 aromatic heterocycles. The summed E-state index contributed by atoms with van der Waals surface area (Å²) in [5.74, 6) is -1.82. The Balaban J connectivity index is 1.97. The van der Waals surface area contributed by atoms with Crippen molar-refractivity contribution in [3.05, 3.63) is 29.6 Å². The molecule has 2 rings (SSSR count). The van der Waals surface area contributed by atoms with E-state index in [9.17, 15) is 18.8 Å². The van der Waals surface area contributed by atoms with Crippen molar-refractivity contribution in [2.45, 2.75) is 27.2 Å². The van der Waals surface area contributed by atoms with Crippen LogP contribution in [0.15, 0.2) is 18.2 Å². The number of amides is 3. The third-order valence-corrected chi connectivity index (χ3v) is 4.22. The summed E-state index contributed by atoms with van der Waals surface area (Å²) in [7, 11) is 0. The van der Waals surface area contributed by atoms with Gasteiger partial charge < -0.3 is 15.1 Å². The van der Waals surface area contributed by atoms with Gasteiger partial charge in [0, 0.05) is 37.8 Å². The van der Waals surface area contributed by atoms with Crippen molar-refractivity contribution in [2.24, 2.45) is 5.92 Å². The maximum Gasteiger partial charge on any atom is 0.313 e. The van der Waals surface area contributed by atoms with E-state index in [4.69, 9.17) is 0 Å². The number of benzene rings is 1. The van der Waals surface area contributed by atoms with Crippen molar-refractivity contribution in [3.63, 3.8) is 0 Å². The molecule has 1 aliphatic rings. The van der Waals surface area contributed by atoms with Crippen LogP contribution in [0.3, 0.4) is 0 Å². The summed E-state index contributed by atoms with van der Waals surface area (Å²) in [4.78, 5) is 39.9. The average Bonchev–Trinajstić information content (AvgIpc) is 2.81. The fourth-order valence-electron chi connectivity index (χ4n) is 2.79. The summed E-state index contributed by atoms with van der Waals surface area (Å²) in [6, 6.07) is 3.96. The van der Waals surface area contributed by atoms with Crippen LogP contribution in [0.25, 0.3) is 0 Å². The summed E-state index contributed by atoms with van der Waals surface area (Å²) in [5.41, 5.74) is 0.955. The number of anilines is 1. The Morgan fingerprint density at radius 1 is 1.08 bits per heavy atom. The first kappa shape index (κ1) is 18.9. The van der Waals surface area contributed by atoms with E-state index in [2.05, 4.69) is 5.32 Å². The molecule has 25 heavy (non-hydrogen) atoms. The van der Waals surface area contributed by atoms with Gasteiger partial charge in [-0.1, -0.05) is 13.8 Å². The quantitative estimate of drug-likeness (QED) is 0.828. The van der Waals surface area contributed by atoms with Crippen molar-refractivity contribution in [1.82, 2.24) is 9.80 Å². The highest BCUT2D eigenvalue weighted by molar-refractivity contribution is 6.39. The van der Waals surface area contributed by atoms with Gasteiger partial charge in [-0.15, -0.1) is 0 Å². The number of carbonyl (C=O) groups is 3. The van der Waals surface area contributed by atoms with E-state index in [1.807, 2.05) is 13.8 Å². The first-order chi connectivity index (χ1) is 11.8. The molecule has 0 radical (unpaired) electrons. The van der Waals surface area contributed by atoms with Crippen molar-refractivity contribution in [3.8, 4) is 0 Å². The molecule has 3 amide bonds. The van der Waals surface area contributed by atoms with Gasteiger partial charge in [0.2, 0.25) is 5.91 Å². The maximum atomic E-state index is 13.1. The molecule has 1 aromatic carbocycles. The van der Waals surface area contributed by atoms with E-state index in [1.165, 1.54) is 23.1 Å². The fourth-order valence-corrected chi connectivity index (χ4v) is 2.79. The Hall–Kier alpha value is -2.44. The lowest BCUT2D eigenvalue weighted by molar-refractivity contribution is -0.143. The molecule has 1 fully saturated rings. The minimum absolute atomic E-state index is 0.0562. The molecule has 7 heteroatoms. The van der Waals surface area contributed by atoms with Crippen molar-refractivity contribution in [1.29, 1.82) is 0 Å². The van der Waals surface area contributed by atoms with Crippen LogP contribution in [0.4, 0.5) is 10.1 Å². The van der Waals surface area contributed by atoms with Gasteiger partial charge in [0.05, 0.1) is 0 Å². The summed E-state index contributed by atoms with van der Waals surface area (Å²) >= 11 is 0. The highest BCUT2D eigenvalue weighted by Gasteiger charge is 2.27. The molecule has 0 saturated carbocycles. The Bertz CT molecular complexity index is 676. The van der Waals surface area contributed by atoms with Gasteiger partial charge in [0.25, 0.3) is 0 Å². The summed E-state index contributed by atoms with van der Waals surface area (Å²) in [6.45, 7) is 7.10. The second-order valence-electron chi connectivity index (χ2n) is 6.54. The molecule has 0 unspecified atom stereocenters. The van der Waals surface area contributed by atoms with Gasteiger partial charge in [-0.3, -0.25) is 14.4 Å². The van der Waals surface area contributed by atoms with Crippen LogP contribution >= 0.6 is 0 Å². The van der Waals surface area contributed by atoms with E-state index < -0.39 is 17.6 Å². The molecular formula is C18H24FN3O3. The van der Waals surface area contributed by atoms with Gasteiger partial charge in [0.1, 0.15) is 5.82 Å². The normalized spacial score (nSPS) is 15.1. The molecule has 136 valence electrons. The van der Waals surface area contributed by atoms with Crippen molar-refractivity contribution in [2.75, 3.05) is 31.5 Å². The van der Waals surface area contributed by atoms with E-state index in [-0.39, 0.29) is 11.8 Å². The molecule has 0 aliphatic carbocycles. The molecule has 1 aliphatic heterocycles. The molecule has 6 nitrogen and oxygen atoms in total. The molecule has 1 heterocycles. The number of halogens is 1. The Morgan fingerprint density at radius 3 is 2.36 bits per heavy atom. The Morgan fingerprint density at radius 2 is 1.72 bits per heavy atom. The molecule has 0 spiro atoms. The lowest BCUT2D eigenvalue weighted by atomic mass is 10.2. The van der Waals surface area contributed by atoms with Crippen LogP contribution in [0, 0.1) is 18.7 Å². The van der Waals surface area contributed by atoms with Gasteiger partial charge in [-0.2, -0.15) is 0 Å². The number of nitrogens with zero attached hydrogens (tertiary/aromatic N) is 2. The van der Waals surface area contributed by atoms with Crippen molar-refractivity contribution < 1.29 is 18.8 Å². The number of carbonyl (C=O) groups excluding carboxylic acids is 3. The SMILES string of the molecule is Cc1cc(F)ccc1NC(=O)C(=O)N1CCCN(C(=O)C(C)C)CC1. The van der Waals surface area contributed by atoms with Crippen LogP contribution in [0.1, 0.15) is 25.8 Å². The molecule has 1 aromatic rings. The Labute approximate surface area is 147 Å². The topological polar surface area (TPSA) is 69.7 Å². The van der Waals surface area contributed by atoms with E-state index >= 15 is 0 Å². The number of rotatable bonds is 2. The number of hydrogen-bond donors (Lipinski definition) is 1. The van der Waals surface area contributed by atoms with E-state index in [0.717, 1.165) is 0 Å². The third-order valence-electron chi connectivity index (χ3n) is 4.22. The summed E-state index contributed by atoms with van der Waals surface area (Å²) in [6.07, 6.45) is 0.632. The zero-order valence-electron chi connectivity index (χ0n) is 14.8. The highest BCUT2D eigenvalue weighted by atomic mass is 19.1. The lowest BCUT2D eigenvalue weighted by Gasteiger charge is -2.23. The largest absolute Gasteiger partial charge is 0.341 e. The van der Waals surface area contributed by atoms with Crippen molar-refractivity contribution >= 4 is 23.4 Å². The van der Waals surface area contributed by atoms with E-state index in [1.54, 1.807) is 11.8 Å². The predicted molar refractivity (Wildman–Crippen MR) is 92.4 cm³/mol. The van der Waals surface area contributed by atoms with E-state index in [0.29, 0.717) is 43.9 Å². The van der Waals surface area contributed by atoms with Crippen LogP contribution in [-0.2, 0) is 14.4 Å². The molecular weight excluding hydrogens is 325 g/mol. The zero-order chi connectivity index (χ0) is 18.6. The highest BCUT2D eigenvalue weighted by Crippen LogP contribution is 2.16. The monoisotopic (exact) mass is 349 g/mol. The summed E-state index contributed by atoms with van der Waals surface area (Å²) in [5, 5.41) is 2.53. The molecule has 0 bridgehead atoms. The number of nitrogens with one attached hydrogen (secondary N) is 1. The predicted octanol–water partition coefficient (Wildman–Crippen LogP) is 1.79. The minimum Gasteiger partial charge on any atom is -0.341 e. The molecule has 1 saturated heterocycles. The van der Waals surface area contributed by atoms with Crippen LogP contribution < -0.4 is 5.32 Å². The lowest BCUT2D eigenvalue weighted by Crippen LogP contribution is -2.42. The van der Waals surface area contributed by atoms with Crippen LogP contribution in [0.2, 0.25) is 0 Å². The third kappa shape index (κ3) is 4.78. The minimum atomic E-state index is -0.752. The Kier molecular flexibility index (Phi) is 6.12. The number of hydrogen-bond acceptors (Lipinski definition) is 3. The van der Waals surface area contributed by atoms with Gasteiger partial charge in [-0.05, 0) is 37.1 Å². The van der Waals surface area contributed by atoms with Crippen LogP contribution in [0.5, 0.6) is 0 Å². The summed E-state index contributed by atoms with van der Waals surface area (Å²) < 4.78 is 13.1. The fraction of sp³-hybridized carbons (Fsp3) is 0.500. The van der Waals surface area contributed by atoms with Gasteiger partial charge >= 0.3 is 11.8 Å². The second kappa shape index (κ2) is 8.09.